The summed E-state index contributed by atoms with van der Waals surface area (Å²) in [4.78, 5) is 1.01. The topological polar surface area (TPSA) is 56.0 Å². The number of aliphatic hydroxyl groups is 1. The monoisotopic (exact) mass is 262 g/mol. The minimum atomic E-state index is -0.207. The number of nitrogens with zero attached hydrogens (tertiary/aromatic N) is 1. The fraction of sp³-hybridized carbons (Fsp3) is 0.500. The van der Waals surface area contributed by atoms with Gasteiger partial charge in [0.1, 0.15) is 6.07 Å². The summed E-state index contributed by atoms with van der Waals surface area (Å²) in [5, 5.41) is 22.2. The number of hydrogen-bond acceptors (Lipinski definition) is 4. The van der Waals surface area contributed by atoms with Crippen molar-refractivity contribution in [2.24, 2.45) is 0 Å². The van der Waals surface area contributed by atoms with Gasteiger partial charge in [0.25, 0.3) is 0 Å². The van der Waals surface area contributed by atoms with Crippen LogP contribution < -0.4 is 5.32 Å². The van der Waals surface area contributed by atoms with Crippen LogP contribution in [0.3, 0.4) is 0 Å². The number of nitrogens with one attached hydrogen (secondary N) is 1. The van der Waals surface area contributed by atoms with Crippen LogP contribution in [0.15, 0.2) is 23.1 Å². The van der Waals surface area contributed by atoms with Crippen molar-refractivity contribution in [1.29, 1.82) is 5.26 Å². The van der Waals surface area contributed by atoms with Crippen LogP contribution in [-0.2, 0) is 0 Å². The molecule has 0 bridgehead atoms. The fourth-order valence-electron chi connectivity index (χ4n) is 2.24. The van der Waals surface area contributed by atoms with Crippen LogP contribution in [0.1, 0.15) is 31.7 Å². The fourth-order valence-corrected chi connectivity index (χ4v) is 3.02. The van der Waals surface area contributed by atoms with Crippen molar-refractivity contribution in [3.8, 4) is 6.07 Å². The third kappa shape index (κ3) is 2.47. The van der Waals surface area contributed by atoms with Crippen LogP contribution in [0.5, 0.6) is 0 Å². The van der Waals surface area contributed by atoms with Gasteiger partial charge >= 0.3 is 0 Å². The Morgan fingerprint density at radius 1 is 1.50 bits per heavy atom. The average Bonchev–Trinajstić information content (AvgIpc) is 2.34. The Morgan fingerprint density at radius 3 is 2.78 bits per heavy atom. The van der Waals surface area contributed by atoms with Crippen molar-refractivity contribution in [2.45, 2.75) is 36.6 Å². The summed E-state index contributed by atoms with van der Waals surface area (Å²) in [5.74, 6) is 0.948. The lowest BCUT2D eigenvalue weighted by Crippen LogP contribution is -2.48. The molecule has 0 amide bonds. The zero-order chi connectivity index (χ0) is 13.0. The van der Waals surface area contributed by atoms with Gasteiger partial charge in [-0.3, -0.25) is 0 Å². The number of nitriles is 1. The van der Waals surface area contributed by atoms with Gasteiger partial charge in [0.15, 0.2) is 0 Å². The van der Waals surface area contributed by atoms with Crippen molar-refractivity contribution in [1.82, 2.24) is 0 Å². The summed E-state index contributed by atoms with van der Waals surface area (Å²) in [6.07, 6.45) is 3.08. The van der Waals surface area contributed by atoms with E-state index >= 15 is 0 Å². The van der Waals surface area contributed by atoms with E-state index in [0.717, 1.165) is 35.6 Å². The molecule has 0 unspecified atom stereocenters. The summed E-state index contributed by atoms with van der Waals surface area (Å²) < 4.78 is 0. The first kappa shape index (κ1) is 13.3. The zero-order valence-electron chi connectivity index (χ0n) is 10.6. The molecule has 0 aromatic heterocycles. The largest absolute Gasteiger partial charge is 0.394 e. The summed E-state index contributed by atoms with van der Waals surface area (Å²) in [6.45, 7) is 2.20. The standard InChI is InChI=1S/C14H18N2OS/c1-2-18-13-6-3-5-12(11(13)9-15)16-14(10-17)7-4-8-14/h3,5-6,16-17H,2,4,7-8,10H2,1H3. The molecular formula is C14H18N2OS. The minimum Gasteiger partial charge on any atom is -0.394 e. The van der Waals surface area contributed by atoms with Gasteiger partial charge in [0, 0.05) is 4.90 Å². The molecule has 2 rings (SSSR count). The van der Waals surface area contributed by atoms with Gasteiger partial charge < -0.3 is 10.4 Å². The van der Waals surface area contributed by atoms with E-state index in [0.29, 0.717) is 5.56 Å². The predicted octanol–water partition coefficient (Wildman–Crippen LogP) is 3.00. The SMILES string of the molecule is CCSc1cccc(NC2(CO)CCC2)c1C#N. The van der Waals surface area contributed by atoms with E-state index < -0.39 is 0 Å². The lowest BCUT2D eigenvalue weighted by molar-refractivity contribution is 0.144. The maximum Gasteiger partial charge on any atom is 0.102 e. The number of rotatable bonds is 5. The van der Waals surface area contributed by atoms with Crippen LogP contribution >= 0.6 is 11.8 Å². The molecule has 0 spiro atoms. The Balaban J connectivity index is 2.27. The molecule has 0 saturated heterocycles. The van der Waals surface area contributed by atoms with E-state index in [2.05, 4.69) is 18.3 Å². The lowest BCUT2D eigenvalue weighted by Gasteiger charge is -2.42. The summed E-state index contributed by atoms with van der Waals surface area (Å²) in [6, 6.07) is 8.14. The first-order valence-electron chi connectivity index (χ1n) is 6.29. The Bertz CT molecular complexity index is 458. The molecule has 2 N–H and O–H groups in total. The van der Waals surface area contributed by atoms with Gasteiger partial charge in [-0.1, -0.05) is 13.0 Å². The van der Waals surface area contributed by atoms with Gasteiger partial charge in [-0.05, 0) is 37.1 Å². The van der Waals surface area contributed by atoms with Gasteiger partial charge in [0.2, 0.25) is 0 Å². The Kier molecular flexibility index (Phi) is 4.15. The number of hydrogen-bond donors (Lipinski definition) is 2. The highest BCUT2D eigenvalue weighted by molar-refractivity contribution is 7.99. The molecule has 0 heterocycles. The van der Waals surface area contributed by atoms with Crippen molar-refractivity contribution in [2.75, 3.05) is 17.7 Å². The average molecular weight is 262 g/mol. The number of benzene rings is 1. The molecule has 96 valence electrons. The normalized spacial score (nSPS) is 16.7. The first-order chi connectivity index (χ1) is 8.74. The van der Waals surface area contributed by atoms with Crippen LogP contribution in [0.2, 0.25) is 0 Å². The number of anilines is 1. The molecule has 1 fully saturated rings. The van der Waals surface area contributed by atoms with E-state index in [1.807, 2.05) is 18.2 Å². The third-order valence-electron chi connectivity index (χ3n) is 3.45. The third-order valence-corrected chi connectivity index (χ3v) is 4.39. The highest BCUT2D eigenvalue weighted by Crippen LogP contribution is 2.37. The number of aliphatic hydroxyl groups excluding tert-OH is 1. The van der Waals surface area contributed by atoms with E-state index in [1.165, 1.54) is 0 Å². The maximum atomic E-state index is 9.48. The second-order valence-electron chi connectivity index (χ2n) is 4.64. The van der Waals surface area contributed by atoms with Crippen LogP contribution in [0.25, 0.3) is 0 Å². The number of thioether (sulfide) groups is 1. The molecule has 0 radical (unpaired) electrons. The molecule has 1 aliphatic rings. The first-order valence-corrected chi connectivity index (χ1v) is 7.28. The van der Waals surface area contributed by atoms with E-state index in [1.54, 1.807) is 11.8 Å². The van der Waals surface area contributed by atoms with Crippen LogP contribution in [0.4, 0.5) is 5.69 Å². The molecule has 18 heavy (non-hydrogen) atoms. The van der Waals surface area contributed by atoms with Gasteiger partial charge in [-0.25, -0.2) is 0 Å². The molecule has 1 aliphatic carbocycles. The molecule has 3 nitrogen and oxygen atoms in total. The van der Waals surface area contributed by atoms with Crippen molar-refractivity contribution < 1.29 is 5.11 Å². The molecule has 1 aromatic rings. The van der Waals surface area contributed by atoms with E-state index in [-0.39, 0.29) is 12.1 Å². The van der Waals surface area contributed by atoms with Gasteiger partial charge in [-0.15, -0.1) is 11.8 Å². The summed E-state index contributed by atoms with van der Waals surface area (Å²) in [5.41, 5.74) is 1.34. The van der Waals surface area contributed by atoms with Crippen LogP contribution in [-0.4, -0.2) is 23.0 Å². The van der Waals surface area contributed by atoms with Gasteiger partial charge in [0.05, 0.1) is 23.4 Å². The van der Waals surface area contributed by atoms with E-state index in [9.17, 15) is 10.4 Å². The smallest absolute Gasteiger partial charge is 0.102 e. The second-order valence-corrected chi connectivity index (χ2v) is 5.95. The molecule has 1 saturated carbocycles. The van der Waals surface area contributed by atoms with E-state index in [4.69, 9.17) is 0 Å². The highest BCUT2D eigenvalue weighted by atomic mass is 32.2. The van der Waals surface area contributed by atoms with Crippen molar-refractivity contribution in [3.63, 3.8) is 0 Å². The summed E-state index contributed by atoms with van der Waals surface area (Å²) >= 11 is 1.67. The molecule has 0 atom stereocenters. The molecular weight excluding hydrogens is 244 g/mol. The van der Waals surface area contributed by atoms with Crippen molar-refractivity contribution >= 4 is 17.4 Å². The Morgan fingerprint density at radius 2 is 2.28 bits per heavy atom. The van der Waals surface area contributed by atoms with Crippen molar-refractivity contribution in [3.05, 3.63) is 23.8 Å². The second kappa shape index (κ2) is 5.64. The lowest BCUT2D eigenvalue weighted by atomic mass is 9.77. The Labute approximate surface area is 112 Å². The van der Waals surface area contributed by atoms with Crippen LogP contribution in [0, 0.1) is 11.3 Å². The Hall–Kier alpha value is -1.18. The predicted molar refractivity (Wildman–Crippen MR) is 74.8 cm³/mol. The quantitative estimate of drug-likeness (QED) is 0.801. The highest BCUT2D eigenvalue weighted by Gasteiger charge is 2.36. The minimum absolute atomic E-state index is 0.128. The zero-order valence-corrected chi connectivity index (χ0v) is 11.4. The maximum absolute atomic E-state index is 9.48. The van der Waals surface area contributed by atoms with Gasteiger partial charge in [-0.2, -0.15) is 5.26 Å². The molecule has 4 heteroatoms. The summed E-state index contributed by atoms with van der Waals surface area (Å²) in [7, 11) is 0. The molecule has 0 aliphatic heterocycles. The molecule has 1 aromatic carbocycles.